The lowest BCUT2D eigenvalue weighted by Crippen LogP contribution is -2.49. The Hall–Kier alpha value is -1.67. The first-order valence-electron chi connectivity index (χ1n) is 6.16. The molecule has 0 saturated carbocycles. The number of benzene rings is 1. The minimum Gasteiger partial charge on any atom is -0.334 e. The molecular weight excluding hydrogens is 320 g/mol. The van der Waals surface area contributed by atoms with Crippen LogP contribution >= 0.6 is 11.6 Å². The molecule has 1 aromatic carbocycles. The van der Waals surface area contributed by atoms with Gasteiger partial charge >= 0.3 is 0 Å². The highest BCUT2D eigenvalue weighted by molar-refractivity contribution is 7.91. The Balaban J connectivity index is 2.29. The number of nitrogens with zero attached hydrogens (tertiary/aromatic N) is 2. The monoisotopic (exact) mass is 332 g/mol. The summed E-state index contributed by atoms with van der Waals surface area (Å²) in [7, 11) is -3.13. The van der Waals surface area contributed by atoms with Crippen molar-refractivity contribution in [2.45, 2.75) is 13.0 Å². The Labute approximate surface area is 126 Å². The van der Waals surface area contributed by atoms with Crippen LogP contribution in [0.5, 0.6) is 0 Å². The number of amides is 1. The third kappa shape index (κ3) is 3.33. The molecule has 9 heteroatoms. The molecule has 0 aromatic heterocycles. The number of nitro benzene ring substituents is 1. The largest absolute Gasteiger partial charge is 0.334 e. The van der Waals surface area contributed by atoms with Crippen LogP contribution in [0, 0.1) is 10.1 Å². The summed E-state index contributed by atoms with van der Waals surface area (Å²) in [5.74, 6) is -0.634. The maximum absolute atomic E-state index is 12.4. The van der Waals surface area contributed by atoms with E-state index in [2.05, 4.69) is 0 Å². The molecule has 1 aliphatic rings. The van der Waals surface area contributed by atoms with Crippen molar-refractivity contribution in [3.8, 4) is 0 Å². The molecule has 1 amide bonds. The molecular formula is C12H13ClN2O5S. The molecule has 1 aliphatic heterocycles. The fourth-order valence-electron chi connectivity index (χ4n) is 2.25. The van der Waals surface area contributed by atoms with Gasteiger partial charge in [-0.1, -0.05) is 11.6 Å². The second-order valence-corrected chi connectivity index (χ2v) is 7.52. The fourth-order valence-corrected chi connectivity index (χ4v) is 3.99. The van der Waals surface area contributed by atoms with Crippen LogP contribution in [0.25, 0.3) is 0 Å². The molecule has 0 N–H and O–H groups in total. The van der Waals surface area contributed by atoms with Crippen LogP contribution in [0.2, 0.25) is 5.02 Å². The first-order chi connectivity index (χ1) is 9.71. The summed E-state index contributed by atoms with van der Waals surface area (Å²) in [6, 6.07) is 3.33. The zero-order valence-electron chi connectivity index (χ0n) is 11.2. The van der Waals surface area contributed by atoms with E-state index in [1.807, 2.05) is 0 Å². The van der Waals surface area contributed by atoms with Crippen molar-refractivity contribution >= 4 is 33.0 Å². The Morgan fingerprint density at radius 1 is 1.48 bits per heavy atom. The highest BCUT2D eigenvalue weighted by Crippen LogP contribution is 2.26. The predicted molar refractivity (Wildman–Crippen MR) is 77.3 cm³/mol. The lowest BCUT2D eigenvalue weighted by atomic mass is 10.1. The second-order valence-electron chi connectivity index (χ2n) is 4.89. The first-order valence-corrected chi connectivity index (χ1v) is 8.36. The second kappa shape index (κ2) is 5.61. The van der Waals surface area contributed by atoms with E-state index >= 15 is 0 Å². The highest BCUT2D eigenvalue weighted by atomic mass is 35.5. The first kappa shape index (κ1) is 15.7. The zero-order chi connectivity index (χ0) is 15.8. The van der Waals surface area contributed by atoms with Crippen molar-refractivity contribution in [2.75, 3.05) is 18.1 Å². The zero-order valence-corrected chi connectivity index (χ0v) is 12.7. The third-order valence-electron chi connectivity index (χ3n) is 3.32. The fraction of sp³-hybridized carbons (Fsp3) is 0.417. The number of nitro groups is 1. The molecule has 2 rings (SSSR count). The van der Waals surface area contributed by atoms with E-state index in [0.717, 1.165) is 6.07 Å². The smallest absolute Gasteiger partial charge is 0.288 e. The maximum atomic E-state index is 12.4. The molecule has 1 fully saturated rings. The number of hydrogen-bond donors (Lipinski definition) is 0. The van der Waals surface area contributed by atoms with E-state index in [-0.39, 0.29) is 34.3 Å². The van der Waals surface area contributed by atoms with Crippen molar-refractivity contribution in [3.63, 3.8) is 0 Å². The topological polar surface area (TPSA) is 97.6 Å². The number of sulfone groups is 1. The number of carbonyl (C=O) groups excluding carboxylic acids is 1. The molecule has 1 atom stereocenters. The Kier molecular flexibility index (Phi) is 4.20. The minimum absolute atomic E-state index is 0.0502. The summed E-state index contributed by atoms with van der Waals surface area (Å²) in [4.78, 5) is 24.0. The van der Waals surface area contributed by atoms with Gasteiger partial charge in [-0.3, -0.25) is 14.9 Å². The van der Waals surface area contributed by atoms with Crippen molar-refractivity contribution in [3.05, 3.63) is 38.9 Å². The van der Waals surface area contributed by atoms with Gasteiger partial charge in [-0.15, -0.1) is 0 Å². The Morgan fingerprint density at radius 2 is 2.14 bits per heavy atom. The lowest BCUT2D eigenvalue weighted by Gasteiger charge is -2.33. The molecule has 1 unspecified atom stereocenters. The molecule has 1 aromatic rings. The van der Waals surface area contributed by atoms with Crippen LogP contribution in [-0.4, -0.2) is 48.2 Å². The molecule has 0 aliphatic carbocycles. The van der Waals surface area contributed by atoms with E-state index in [0.29, 0.717) is 0 Å². The predicted octanol–water partition coefficient (Wildman–Crippen LogP) is 1.51. The van der Waals surface area contributed by atoms with Gasteiger partial charge in [0.25, 0.3) is 11.6 Å². The van der Waals surface area contributed by atoms with Crippen LogP contribution in [0.15, 0.2) is 18.2 Å². The van der Waals surface area contributed by atoms with Gasteiger partial charge < -0.3 is 4.90 Å². The molecule has 1 saturated heterocycles. The SMILES string of the molecule is CC1CS(=O)(=O)CCN1C(=O)c1ccc(Cl)c([N+](=O)[O-])c1. The Morgan fingerprint density at radius 3 is 2.71 bits per heavy atom. The Bertz CT molecular complexity index is 704. The standard InChI is InChI=1S/C12H13ClN2O5S/c1-8-7-21(19,20)5-4-14(8)12(16)9-2-3-10(13)11(6-9)15(17)18/h2-3,6,8H,4-5,7H2,1H3. The minimum atomic E-state index is -3.13. The van der Waals surface area contributed by atoms with Crippen molar-refractivity contribution in [2.24, 2.45) is 0 Å². The molecule has 0 radical (unpaired) electrons. The molecule has 0 spiro atoms. The van der Waals surface area contributed by atoms with Gasteiger partial charge in [0.2, 0.25) is 0 Å². The van der Waals surface area contributed by atoms with Gasteiger partial charge in [-0.05, 0) is 19.1 Å². The summed E-state index contributed by atoms with van der Waals surface area (Å²) in [5.41, 5.74) is -0.225. The third-order valence-corrected chi connectivity index (χ3v) is 5.44. The van der Waals surface area contributed by atoms with Crippen molar-refractivity contribution < 1.29 is 18.1 Å². The lowest BCUT2D eigenvalue weighted by molar-refractivity contribution is -0.384. The summed E-state index contributed by atoms with van der Waals surface area (Å²) < 4.78 is 23.0. The summed E-state index contributed by atoms with van der Waals surface area (Å²) in [6.45, 7) is 1.72. The van der Waals surface area contributed by atoms with Gasteiger partial charge in [0.15, 0.2) is 9.84 Å². The van der Waals surface area contributed by atoms with Crippen LogP contribution in [0.1, 0.15) is 17.3 Å². The summed E-state index contributed by atoms with van der Waals surface area (Å²) >= 11 is 5.70. The molecule has 114 valence electrons. The number of carbonyl (C=O) groups is 1. The van der Waals surface area contributed by atoms with E-state index < -0.39 is 26.7 Å². The van der Waals surface area contributed by atoms with Crippen LogP contribution in [0.4, 0.5) is 5.69 Å². The van der Waals surface area contributed by atoms with E-state index in [9.17, 15) is 23.3 Å². The van der Waals surface area contributed by atoms with Crippen LogP contribution in [-0.2, 0) is 9.84 Å². The normalized spacial score (nSPS) is 21.0. The van der Waals surface area contributed by atoms with Crippen LogP contribution in [0.3, 0.4) is 0 Å². The summed E-state index contributed by atoms with van der Waals surface area (Å²) in [6.07, 6.45) is 0. The van der Waals surface area contributed by atoms with Gasteiger partial charge in [0.1, 0.15) is 5.02 Å². The average Bonchev–Trinajstić information content (AvgIpc) is 2.37. The van der Waals surface area contributed by atoms with Gasteiger partial charge in [-0.2, -0.15) is 0 Å². The number of rotatable bonds is 2. The number of hydrogen-bond acceptors (Lipinski definition) is 5. The van der Waals surface area contributed by atoms with Crippen LogP contribution < -0.4 is 0 Å². The number of halogens is 1. The van der Waals surface area contributed by atoms with Crippen molar-refractivity contribution in [1.82, 2.24) is 4.90 Å². The van der Waals surface area contributed by atoms with Gasteiger partial charge in [0, 0.05) is 24.2 Å². The molecule has 0 bridgehead atoms. The maximum Gasteiger partial charge on any atom is 0.288 e. The van der Waals surface area contributed by atoms with E-state index in [1.165, 1.54) is 17.0 Å². The quantitative estimate of drug-likeness (QED) is 0.604. The molecule has 21 heavy (non-hydrogen) atoms. The van der Waals surface area contributed by atoms with Crippen molar-refractivity contribution in [1.29, 1.82) is 0 Å². The summed E-state index contributed by atoms with van der Waals surface area (Å²) in [5, 5.41) is 10.8. The van der Waals surface area contributed by atoms with Gasteiger partial charge in [-0.25, -0.2) is 8.42 Å². The molecule has 7 nitrogen and oxygen atoms in total. The molecule has 1 heterocycles. The van der Waals surface area contributed by atoms with E-state index in [1.54, 1.807) is 6.92 Å². The van der Waals surface area contributed by atoms with E-state index in [4.69, 9.17) is 11.6 Å². The van der Waals surface area contributed by atoms with Gasteiger partial charge in [0.05, 0.1) is 16.4 Å². The highest BCUT2D eigenvalue weighted by Gasteiger charge is 2.32. The average molecular weight is 333 g/mol.